The van der Waals surface area contributed by atoms with Gasteiger partial charge in [0.25, 0.3) is 0 Å². The number of pyridine rings is 1. The summed E-state index contributed by atoms with van der Waals surface area (Å²) in [7, 11) is 5.56. The van der Waals surface area contributed by atoms with Gasteiger partial charge in [-0.05, 0) is 45.8 Å². The van der Waals surface area contributed by atoms with Crippen molar-refractivity contribution in [3.8, 4) is 5.75 Å². The highest BCUT2D eigenvalue weighted by Gasteiger charge is 2.32. The molecule has 2 aromatic rings. The summed E-state index contributed by atoms with van der Waals surface area (Å²) in [5.41, 5.74) is -0.185. The fourth-order valence-corrected chi connectivity index (χ4v) is 4.33. The molecule has 1 saturated heterocycles. The SMILES string of the molecule is COc1c(N2CCC(N(C)C)CC2)c(F)cc2c(=O)c(C(=O)O)cn(C3CC3)c12. The van der Waals surface area contributed by atoms with Crippen LogP contribution in [0.15, 0.2) is 17.1 Å². The van der Waals surface area contributed by atoms with Crippen LogP contribution in [0.4, 0.5) is 10.1 Å². The molecule has 1 aromatic heterocycles. The molecule has 1 saturated carbocycles. The topological polar surface area (TPSA) is 75.0 Å². The Morgan fingerprint density at radius 3 is 2.41 bits per heavy atom. The first-order valence-electron chi connectivity index (χ1n) is 9.93. The van der Waals surface area contributed by atoms with Crippen molar-refractivity contribution in [2.45, 2.75) is 37.8 Å². The minimum absolute atomic E-state index is 0.0538. The Hall–Kier alpha value is -2.61. The van der Waals surface area contributed by atoms with Crippen LogP contribution in [0.5, 0.6) is 5.75 Å². The predicted molar refractivity (Wildman–Crippen MR) is 109 cm³/mol. The number of carboxylic acid groups (broad SMARTS) is 1. The minimum Gasteiger partial charge on any atom is -0.492 e. The maximum atomic E-state index is 15.2. The summed E-state index contributed by atoms with van der Waals surface area (Å²) in [5, 5.41) is 9.48. The molecule has 4 rings (SSSR count). The highest BCUT2D eigenvalue weighted by Crippen LogP contribution is 2.44. The molecule has 0 radical (unpaired) electrons. The van der Waals surface area contributed by atoms with Gasteiger partial charge in [0.05, 0.1) is 18.0 Å². The van der Waals surface area contributed by atoms with Gasteiger partial charge in [-0.25, -0.2) is 9.18 Å². The Morgan fingerprint density at radius 2 is 1.90 bits per heavy atom. The number of anilines is 1. The molecule has 1 N–H and O–H groups in total. The number of hydrogen-bond acceptors (Lipinski definition) is 5. The third-order valence-electron chi connectivity index (χ3n) is 6.08. The average molecular weight is 403 g/mol. The number of aromatic carboxylic acids is 1. The number of hydrogen-bond donors (Lipinski definition) is 1. The molecule has 2 fully saturated rings. The van der Waals surface area contributed by atoms with Crippen molar-refractivity contribution < 1.29 is 19.0 Å². The fourth-order valence-electron chi connectivity index (χ4n) is 4.33. The van der Waals surface area contributed by atoms with Crippen molar-refractivity contribution in [2.24, 2.45) is 0 Å². The van der Waals surface area contributed by atoms with Crippen molar-refractivity contribution in [1.29, 1.82) is 0 Å². The van der Waals surface area contributed by atoms with E-state index in [0.717, 1.165) is 25.7 Å². The van der Waals surface area contributed by atoms with Gasteiger partial charge in [-0.1, -0.05) is 0 Å². The summed E-state index contributed by atoms with van der Waals surface area (Å²) in [6.45, 7) is 1.37. The normalized spacial score (nSPS) is 17.9. The second-order valence-corrected chi connectivity index (χ2v) is 8.13. The van der Waals surface area contributed by atoms with Crippen LogP contribution in [0, 0.1) is 5.82 Å². The van der Waals surface area contributed by atoms with Gasteiger partial charge < -0.3 is 24.2 Å². The van der Waals surface area contributed by atoms with Gasteiger partial charge in [-0.2, -0.15) is 0 Å². The van der Waals surface area contributed by atoms with Crippen molar-refractivity contribution >= 4 is 22.6 Å². The monoisotopic (exact) mass is 403 g/mol. The largest absolute Gasteiger partial charge is 0.492 e. The molecule has 2 heterocycles. The Bertz CT molecular complexity index is 1020. The zero-order valence-corrected chi connectivity index (χ0v) is 16.9. The van der Waals surface area contributed by atoms with Crippen LogP contribution in [0.2, 0.25) is 0 Å². The average Bonchev–Trinajstić information content (AvgIpc) is 3.52. The van der Waals surface area contributed by atoms with E-state index in [-0.39, 0.29) is 17.0 Å². The number of methoxy groups -OCH3 is 1. The summed E-state index contributed by atoms with van der Waals surface area (Å²) < 4.78 is 22.7. The number of ether oxygens (including phenoxy) is 1. The fraction of sp³-hybridized carbons (Fsp3) is 0.524. The summed E-state index contributed by atoms with van der Waals surface area (Å²) in [5.74, 6) is -1.55. The molecule has 1 aliphatic carbocycles. The molecular formula is C21H26FN3O4. The lowest BCUT2D eigenvalue weighted by molar-refractivity contribution is 0.0695. The molecular weight excluding hydrogens is 377 g/mol. The molecule has 0 amide bonds. The maximum Gasteiger partial charge on any atom is 0.341 e. The van der Waals surface area contributed by atoms with Gasteiger partial charge in [0.1, 0.15) is 11.3 Å². The Kier molecular flexibility index (Phi) is 4.98. The van der Waals surface area contributed by atoms with Crippen LogP contribution in [-0.2, 0) is 0 Å². The number of carbonyl (C=O) groups is 1. The molecule has 29 heavy (non-hydrogen) atoms. The second-order valence-electron chi connectivity index (χ2n) is 8.13. The Labute approximate surface area is 168 Å². The van der Waals surface area contributed by atoms with Crippen LogP contribution < -0.4 is 15.1 Å². The van der Waals surface area contributed by atoms with Crippen LogP contribution in [-0.4, -0.2) is 60.9 Å². The number of halogens is 1. The quantitative estimate of drug-likeness (QED) is 0.828. The smallest absolute Gasteiger partial charge is 0.341 e. The molecule has 7 nitrogen and oxygen atoms in total. The lowest BCUT2D eigenvalue weighted by Gasteiger charge is -2.37. The van der Waals surface area contributed by atoms with Crippen LogP contribution in [0.25, 0.3) is 10.9 Å². The summed E-state index contributed by atoms with van der Waals surface area (Å²) in [6.07, 6.45) is 4.97. The van der Waals surface area contributed by atoms with E-state index in [1.165, 1.54) is 19.4 Å². The van der Waals surface area contributed by atoms with Crippen LogP contribution >= 0.6 is 0 Å². The van der Waals surface area contributed by atoms with Gasteiger partial charge in [0, 0.05) is 31.4 Å². The summed E-state index contributed by atoms with van der Waals surface area (Å²) in [4.78, 5) is 28.5. The number of rotatable bonds is 5. The molecule has 0 unspecified atom stereocenters. The van der Waals surface area contributed by atoms with E-state index in [4.69, 9.17) is 4.74 Å². The van der Waals surface area contributed by atoms with Gasteiger partial charge >= 0.3 is 5.97 Å². The second kappa shape index (κ2) is 7.33. The first kappa shape index (κ1) is 19.7. The van der Waals surface area contributed by atoms with Gasteiger partial charge in [-0.15, -0.1) is 0 Å². The van der Waals surface area contributed by atoms with Crippen molar-refractivity contribution in [1.82, 2.24) is 9.47 Å². The third kappa shape index (κ3) is 3.35. The van der Waals surface area contributed by atoms with E-state index >= 15 is 4.39 Å². The number of nitrogens with zero attached hydrogens (tertiary/aromatic N) is 3. The maximum absolute atomic E-state index is 15.2. The zero-order chi connectivity index (χ0) is 20.9. The first-order chi connectivity index (χ1) is 13.8. The third-order valence-corrected chi connectivity index (χ3v) is 6.08. The molecule has 1 aliphatic heterocycles. The molecule has 8 heteroatoms. The molecule has 156 valence electrons. The number of aromatic nitrogens is 1. The van der Waals surface area contributed by atoms with Gasteiger partial charge in [-0.3, -0.25) is 4.79 Å². The summed E-state index contributed by atoms with van der Waals surface area (Å²) in [6, 6.07) is 1.73. The van der Waals surface area contributed by atoms with Gasteiger partial charge in [0.2, 0.25) is 5.43 Å². The Balaban J connectivity index is 1.90. The van der Waals surface area contributed by atoms with E-state index in [9.17, 15) is 14.7 Å². The molecule has 1 aromatic carbocycles. The molecule has 2 aliphatic rings. The number of fused-ring (bicyclic) bond motifs is 1. The highest BCUT2D eigenvalue weighted by atomic mass is 19.1. The molecule has 0 bridgehead atoms. The standard InChI is InChI=1S/C21H26FN3O4/c1-23(2)12-6-8-24(9-7-12)18-16(22)10-14-17(20(18)29-3)25(13-4-5-13)11-15(19(14)26)21(27)28/h10-13H,4-9H2,1-3H3,(H,27,28). The molecule has 0 atom stereocenters. The van der Waals surface area contributed by atoms with Crippen LogP contribution in [0.1, 0.15) is 42.1 Å². The van der Waals surface area contributed by atoms with Gasteiger partial charge in [0.15, 0.2) is 11.6 Å². The van der Waals surface area contributed by atoms with E-state index in [1.54, 1.807) is 4.57 Å². The lowest BCUT2D eigenvalue weighted by Crippen LogP contribution is -2.42. The lowest BCUT2D eigenvalue weighted by atomic mass is 10.0. The molecule has 0 spiro atoms. The van der Waals surface area contributed by atoms with Crippen molar-refractivity contribution in [3.05, 3.63) is 33.9 Å². The van der Waals surface area contributed by atoms with Crippen LogP contribution in [0.3, 0.4) is 0 Å². The highest BCUT2D eigenvalue weighted by molar-refractivity contribution is 5.97. The van der Waals surface area contributed by atoms with Crippen molar-refractivity contribution in [2.75, 3.05) is 39.2 Å². The number of piperidine rings is 1. The van der Waals surface area contributed by atoms with E-state index in [2.05, 4.69) is 4.90 Å². The minimum atomic E-state index is -1.31. The zero-order valence-electron chi connectivity index (χ0n) is 16.9. The predicted octanol–water partition coefficient (Wildman–Crippen LogP) is 2.71. The Morgan fingerprint density at radius 1 is 1.24 bits per heavy atom. The first-order valence-corrected chi connectivity index (χ1v) is 9.93. The van der Waals surface area contributed by atoms with E-state index in [0.29, 0.717) is 36.1 Å². The number of benzene rings is 1. The van der Waals surface area contributed by atoms with Crippen molar-refractivity contribution in [3.63, 3.8) is 0 Å². The summed E-state index contributed by atoms with van der Waals surface area (Å²) >= 11 is 0. The van der Waals surface area contributed by atoms with E-state index < -0.39 is 17.2 Å². The van der Waals surface area contributed by atoms with E-state index in [1.807, 2.05) is 19.0 Å². The number of carboxylic acids is 1.